The van der Waals surface area contributed by atoms with E-state index in [2.05, 4.69) is 9.97 Å². The van der Waals surface area contributed by atoms with Gasteiger partial charge >= 0.3 is 5.97 Å². The van der Waals surface area contributed by atoms with Gasteiger partial charge < -0.3 is 15.4 Å². The maximum atomic E-state index is 13.8. The smallest absolute Gasteiger partial charge is 0.309 e. The predicted molar refractivity (Wildman–Crippen MR) is 150 cm³/mol. The summed E-state index contributed by atoms with van der Waals surface area (Å²) in [6.45, 7) is 7.50. The molecule has 39 heavy (non-hydrogen) atoms. The van der Waals surface area contributed by atoms with E-state index in [4.69, 9.17) is 10.5 Å². The Hall–Kier alpha value is -3.09. The molecule has 0 atom stereocenters. The SMILES string of the molecule is COC(=O)Cc1cccc(S(=O)(=O)N(CCCCN2C(=O)Cc3c(N)nc(C)nc32)CC(C)(C)CN(C)C)c1. The number of carbonyl (C=O) groups is 2. The summed E-state index contributed by atoms with van der Waals surface area (Å²) in [5, 5.41) is 0. The van der Waals surface area contributed by atoms with Crippen molar-refractivity contribution in [1.82, 2.24) is 19.2 Å². The van der Waals surface area contributed by atoms with Crippen LogP contribution in [0.5, 0.6) is 0 Å². The van der Waals surface area contributed by atoms with Gasteiger partial charge in [0.15, 0.2) is 0 Å². The first-order chi connectivity index (χ1) is 18.2. The highest BCUT2D eigenvalue weighted by Gasteiger charge is 2.33. The Morgan fingerprint density at radius 2 is 1.90 bits per heavy atom. The van der Waals surface area contributed by atoms with Gasteiger partial charge in [0.25, 0.3) is 0 Å². The third kappa shape index (κ3) is 7.74. The molecule has 1 aromatic heterocycles. The molecule has 0 aliphatic carbocycles. The number of carbonyl (C=O) groups excluding carboxylic acids is 2. The number of esters is 1. The third-order valence-corrected chi connectivity index (χ3v) is 8.36. The molecular formula is C27H40N6O5S. The van der Waals surface area contributed by atoms with Crippen molar-refractivity contribution in [2.24, 2.45) is 5.41 Å². The third-order valence-electron chi connectivity index (χ3n) is 6.51. The van der Waals surface area contributed by atoms with E-state index in [1.54, 1.807) is 30.0 Å². The van der Waals surface area contributed by atoms with E-state index in [0.29, 0.717) is 61.1 Å². The summed E-state index contributed by atoms with van der Waals surface area (Å²) in [5.74, 6) is 0.845. The number of methoxy groups -OCH3 is 1. The number of amides is 1. The molecule has 3 rings (SSSR count). The number of fused-ring (bicyclic) bond motifs is 1. The van der Waals surface area contributed by atoms with Crippen molar-refractivity contribution in [2.75, 3.05) is 58.0 Å². The average molecular weight is 561 g/mol. The predicted octanol–water partition coefficient (Wildman–Crippen LogP) is 2.03. The van der Waals surface area contributed by atoms with Crippen LogP contribution in [-0.4, -0.2) is 86.9 Å². The number of anilines is 2. The number of hydrogen-bond donors (Lipinski definition) is 1. The van der Waals surface area contributed by atoms with Gasteiger partial charge in [0.05, 0.1) is 24.8 Å². The lowest BCUT2D eigenvalue weighted by Crippen LogP contribution is -2.43. The first-order valence-corrected chi connectivity index (χ1v) is 14.4. The minimum Gasteiger partial charge on any atom is -0.469 e. The first-order valence-electron chi connectivity index (χ1n) is 13.0. The lowest BCUT2D eigenvalue weighted by Gasteiger charge is -2.34. The molecule has 2 aromatic rings. The zero-order valence-corrected chi connectivity index (χ0v) is 24.5. The number of nitrogens with zero attached hydrogens (tertiary/aromatic N) is 5. The van der Waals surface area contributed by atoms with E-state index in [9.17, 15) is 18.0 Å². The molecule has 0 spiro atoms. The molecule has 0 saturated heterocycles. The van der Waals surface area contributed by atoms with Gasteiger partial charge in [-0.25, -0.2) is 18.4 Å². The van der Waals surface area contributed by atoms with Crippen LogP contribution in [0.4, 0.5) is 11.6 Å². The summed E-state index contributed by atoms with van der Waals surface area (Å²) in [6.07, 6.45) is 1.28. The molecule has 0 saturated carbocycles. The molecule has 0 bridgehead atoms. The van der Waals surface area contributed by atoms with Crippen LogP contribution in [-0.2, 0) is 37.2 Å². The number of aryl methyl sites for hydroxylation is 1. The van der Waals surface area contributed by atoms with Crippen LogP contribution in [0.2, 0.25) is 0 Å². The van der Waals surface area contributed by atoms with E-state index in [1.165, 1.54) is 17.5 Å². The largest absolute Gasteiger partial charge is 0.469 e. The van der Waals surface area contributed by atoms with Gasteiger partial charge in [-0.2, -0.15) is 4.31 Å². The normalized spacial score (nSPS) is 13.8. The molecule has 0 fully saturated rings. The van der Waals surface area contributed by atoms with Crippen molar-refractivity contribution >= 4 is 33.5 Å². The second-order valence-corrected chi connectivity index (χ2v) is 13.0. The van der Waals surface area contributed by atoms with E-state index >= 15 is 0 Å². The second kappa shape index (κ2) is 12.4. The molecule has 1 amide bonds. The Kier molecular flexibility index (Phi) is 9.68. The number of nitrogen functional groups attached to an aromatic ring is 1. The van der Waals surface area contributed by atoms with Crippen LogP contribution < -0.4 is 10.6 Å². The Labute approximate surface area is 231 Å². The van der Waals surface area contributed by atoms with Crippen LogP contribution in [0.15, 0.2) is 29.2 Å². The van der Waals surface area contributed by atoms with Gasteiger partial charge in [0, 0.05) is 31.7 Å². The van der Waals surface area contributed by atoms with Gasteiger partial charge in [-0.1, -0.05) is 26.0 Å². The van der Waals surface area contributed by atoms with Gasteiger partial charge in [-0.15, -0.1) is 0 Å². The highest BCUT2D eigenvalue weighted by Crippen LogP contribution is 2.31. The number of unbranched alkanes of at least 4 members (excludes halogenated alkanes) is 1. The number of aromatic nitrogens is 2. The van der Waals surface area contributed by atoms with Crippen LogP contribution in [0.1, 0.15) is 43.6 Å². The molecule has 1 aliphatic heterocycles. The van der Waals surface area contributed by atoms with Crippen LogP contribution in [0.25, 0.3) is 0 Å². The van der Waals surface area contributed by atoms with Crippen molar-refractivity contribution in [1.29, 1.82) is 0 Å². The molecule has 2 N–H and O–H groups in total. The van der Waals surface area contributed by atoms with E-state index < -0.39 is 16.0 Å². The van der Waals surface area contributed by atoms with E-state index in [0.717, 1.165) is 0 Å². The van der Waals surface area contributed by atoms with Gasteiger partial charge in [-0.05, 0) is 57.0 Å². The van der Waals surface area contributed by atoms with Crippen molar-refractivity contribution in [3.05, 3.63) is 41.2 Å². The number of benzene rings is 1. The summed E-state index contributed by atoms with van der Waals surface area (Å²) in [4.78, 5) is 36.8. The molecule has 1 aliphatic rings. The number of ether oxygens (including phenoxy) is 1. The lowest BCUT2D eigenvalue weighted by molar-refractivity contribution is -0.139. The van der Waals surface area contributed by atoms with Gasteiger partial charge in [0.1, 0.15) is 17.5 Å². The molecule has 2 heterocycles. The molecule has 1 aromatic carbocycles. The maximum Gasteiger partial charge on any atom is 0.309 e. The molecule has 0 unspecified atom stereocenters. The average Bonchev–Trinajstić information content (AvgIpc) is 3.15. The summed E-state index contributed by atoms with van der Waals surface area (Å²) in [5.41, 5.74) is 6.89. The Morgan fingerprint density at radius 1 is 1.18 bits per heavy atom. The fourth-order valence-electron chi connectivity index (χ4n) is 5.02. The molecule has 0 radical (unpaired) electrons. The molecule has 11 nitrogen and oxygen atoms in total. The fourth-order valence-corrected chi connectivity index (χ4v) is 6.76. The zero-order chi connectivity index (χ0) is 29.0. The second-order valence-electron chi connectivity index (χ2n) is 11.0. The van der Waals surface area contributed by atoms with Gasteiger partial charge in [0.2, 0.25) is 15.9 Å². The summed E-state index contributed by atoms with van der Waals surface area (Å²) >= 11 is 0. The topological polar surface area (TPSA) is 139 Å². The summed E-state index contributed by atoms with van der Waals surface area (Å²) < 4.78 is 33.9. The minimum absolute atomic E-state index is 0.00906. The van der Waals surface area contributed by atoms with Crippen LogP contribution in [0, 0.1) is 12.3 Å². The van der Waals surface area contributed by atoms with Crippen molar-refractivity contribution in [3.8, 4) is 0 Å². The standard InChI is InChI=1S/C27H40N6O5S/c1-19-29-25(28)22-16-23(34)33(26(22)30-19)13-8-7-12-32(18-27(2,3)17-31(4)5)39(36,37)21-11-9-10-20(14-21)15-24(35)38-6/h9-11,14H,7-8,12-13,15-18H2,1-6H3,(H2,28,29,30). The van der Waals surface area contributed by atoms with E-state index in [-0.39, 0.29) is 35.6 Å². The Balaban J connectivity index is 1.78. The Morgan fingerprint density at radius 3 is 2.56 bits per heavy atom. The monoisotopic (exact) mass is 560 g/mol. The number of rotatable bonds is 13. The maximum absolute atomic E-state index is 13.8. The summed E-state index contributed by atoms with van der Waals surface area (Å²) in [6, 6.07) is 6.43. The fraction of sp³-hybridized carbons (Fsp3) is 0.556. The Bertz CT molecular complexity index is 1310. The minimum atomic E-state index is -3.86. The van der Waals surface area contributed by atoms with E-state index in [1.807, 2.05) is 32.8 Å². The van der Waals surface area contributed by atoms with Crippen molar-refractivity contribution in [3.63, 3.8) is 0 Å². The van der Waals surface area contributed by atoms with Crippen LogP contribution >= 0.6 is 0 Å². The summed E-state index contributed by atoms with van der Waals surface area (Å²) in [7, 11) is 1.36. The number of sulfonamides is 1. The van der Waals surface area contributed by atoms with Crippen molar-refractivity contribution < 1.29 is 22.7 Å². The van der Waals surface area contributed by atoms with Crippen molar-refractivity contribution in [2.45, 2.75) is 51.3 Å². The highest BCUT2D eigenvalue weighted by molar-refractivity contribution is 7.89. The number of hydrogen-bond acceptors (Lipinski definition) is 9. The molecule has 214 valence electrons. The first kappa shape index (κ1) is 30.5. The zero-order valence-electron chi connectivity index (χ0n) is 23.7. The quantitative estimate of drug-likeness (QED) is 0.288. The molecule has 12 heteroatoms. The molecular weight excluding hydrogens is 520 g/mol. The number of nitrogens with two attached hydrogens (primary N) is 1. The highest BCUT2D eigenvalue weighted by atomic mass is 32.2. The van der Waals surface area contributed by atoms with Gasteiger partial charge in [-0.3, -0.25) is 14.5 Å². The lowest BCUT2D eigenvalue weighted by atomic mass is 9.93. The van der Waals surface area contributed by atoms with Crippen LogP contribution in [0.3, 0.4) is 0 Å².